The first-order valence-corrected chi connectivity index (χ1v) is 3.01. The number of hydrogen-bond donors (Lipinski definition) is 0. The SMILES string of the molecule is C=C[C@@H]1C[C@H]1C(=O)N=[N+]=[N-]. The molecule has 0 aromatic carbocycles. The molecule has 1 fully saturated rings. The van der Waals surface area contributed by atoms with Gasteiger partial charge < -0.3 is 0 Å². The van der Waals surface area contributed by atoms with Crippen LogP contribution in [0.25, 0.3) is 10.4 Å². The summed E-state index contributed by atoms with van der Waals surface area (Å²) in [6.45, 7) is 3.53. The predicted molar refractivity (Wildman–Crippen MR) is 35.9 cm³/mol. The molecule has 0 spiro atoms. The zero-order valence-corrected chi connectivity index (χ0v) is 5.40. The molecule has 1 amide bonds. The van der Waals surface area contributed by atoms with E-state index in [2.05, 4.69) is 16.6 Å². The Morgan fingerprint density at radius 3 is 3.00 bits per heavy atom. The van der Waals surface area contributed by atoms with Crippen molar-refractivity contribution in [3.8, 4) is 0 Å². The van der Waals surface area contributed by atoms with Crippen LogP contribution in [0.2, 0.25) is 0 Å². The molecule has 2 atom stereocenters. The maximum atomic E-state index is 10.7. The van der Waals surface area contributed by atoms with Crippen LogP contribution in [0.3, 0.4) is 0 Å². The minimum absolute atomic E-state index is 0.0756. The van der Waals surface area contributed by atoms with E-state index >= 15 is 0 Å². The van der Waals surface area contributed by atoms with Crippen LogP contribution in [0.1, 0.15) is 6.42 Å². The van der Waals surface area contributed by atoms with Gasteiger partial charge in [-0.1, -0.05) is 6.08 Å². The fourth-order valence-electron chi connectivity index (χ4n) is 0.877. The van der Waals surface area contributed by atoms with Crippen molar-refractivity contribution in [1.82, 2.24) is 0 Å². The highest BCUT2D eigenvalue weighted by Gasteiger charge is 2.39. The lowest BCUT2D eigenvalue weighted by atomic mass is 10.3. The molecule has 0 aliphatic heterocycles. The molecule has 0 aromatic heterocycles. The summed E-state index contributed by atoms with van der Waals surface area (Å²) in [5.74, 6) is -0.182. The molecule has 10 heavy (non-hydrogen) atoms. The van der Waals surface area contributed by atoms with Gasteiger partial charge >= 0.3 is 0 Å². The summed E-state index contributed by atoms with van der Waals surface area (Å²) in [6.07, 6.45) is 2.51. The van der Waals surface area contributed by atoms with Crippen LogP contribution in [-0.2, 0) is 4.79 Å². The summed E-state index contributed by atoms with van der Waals surface area (Å²) in [5, 5.41) is 2.98. The van der Waals surface area contributed by atoms with Gasteiger partial charge in [0.2, 0.25) is 5.91 Å². The fraction of sp³-hybridized carbons (Fsp3) is 0.500. The fourth-order valence-corrected chi connectivity index (χ4v) is 0.877. The average molecular weight is 137 g/mol. The number of rotatable bonds is 2. The summed E-state index contributed by atoms with van der Waals surface area (Å²) < 4.78 is 0. The first-order chi connectivity index (χ1) is 4.79. The van der Waals surface area contributed by atoms with Crippen LogP contribution in [0, 0.1) is 11.8 Å². The number of azide groups is 1. The molecule has 52 valence electrons. The van der Waals surface area contributed by atoms with E-state index in [4.69, 9.17) is 5.53 Å². The van der Waals surface area contributed by atoms with E-state index in [1.54, 1.807) is 6.08 Å². The number of carbonyl (C=O) groups excluding carboxylic acids is 1. The van der Waals surface area contributed by atoms with Gasteiger partial charge in [-0.3, -0.25) is 4.79 Å². The largest absolute Gasteiger partial charge is 0.292 e. The minimum Gasteiger partial charge on any atom is -0.292 e. The van der Waals surface area contributed by atoms with E-state index in [0.717, 1.165) is 6.42 Å². The molecule has 0 N–H and O–H groups in total. The third-order valence-electron chi connectivity index (χ3n) is 1.60. The maximum absolute atomic E-state index is 10.7. The zero-order chi connectivity index (χ0) is 7.56. The van der Waals surface area contributed by atoms with E-state index in [0.29, 0.717) is 0 Å². The molecule has 0 aromatic rings. The highest BCUT2D eigenvalue weighted by atomic mass is 16.2. The molecule has 0 radical (unpaired) electrons. The van der Waals surface area contributed by atoms with Gasteiger partial charge in [0.25, 0.3) is 0 Å². The second kappa shape index (κ2) is 2.54. The van der Waals surface area contributed by atoms with Gasteiger partial charge in [-0.05, 0) is 23.0 Å². The number of allylic oxidation sites excluding steroid dienone is 1. The summed E-state index contributed by atoms with van der Waals surface area (Å²) >= 11 is 0. The quantitative estimate of drug-likeness (QED) is 0.247. The van der Waals surface area contributed by atoms with Gasteiger partial charge in [-0.2, -0.15) is 0 Å². The summed E-state index contributed by atoms with van der Waals surface area (Å²) in [7, 11) is 0. The van der Waals surface area contributed by atoms with Crippen molar-refractivity contribution < 1.29 is 4.79 Å². The van der Waals surface area contributed by atoms with Gasteiger partial charge in [0.05, 0.1) is 0 Å². The van der Waals surface area contributed by atoms with Crippen molar-refractivity contribution in [2.24, 2.45) is 17.0 Å². The van der Waals surface area contributed by atoms with Gasteiger partial charge in [0.15, 0.2) is 0 Å². The molecule has 1 saturated carbocycles. The van der Waals surface area contributed by atoms with Crippen molar-refractivity contribution in [2.75, 3.05) is 0 Å². The van der Waals surface area contributed by atoms with Crippen molar-refractivity contribution in [3.63, 3.8) is 0 Å². The Kier molecular flexibility index (Phi) is 1.73. The highest BCUT2D eigenvalue weighted by Crippen LogP contribution is 2.40. The lowest BCUT2D eigenvalue weighted by molar-refractivity contribution is -0.119. The molecule has 1 aliphatic rings. The van der Waals surface area contributed by atoms with Crippen LogP contribution in [0.15, 0.2) is 17.8 Å². The summed E-state index contributed by atoms with van der Waals surface area (Å²) in [5.41, 5.74) is 7.88. The van der Waals surface area contributed by atoms with Crippen LogP contribution in [-0.4, -0.2) is 5.91 Å². The maximum Gasteiger partial charge on any atom is 0.222 e. The second-order valence-electron chi connectivity index (χ2n) is 2.27. The van der Waals surface area contributed by atoms with Crippen LogP contribution < -0.4 is 0 Å². The number of hydrogen-bond acceptors (Lipinski definition) is 1. The first-order valence-electron chi connectivity index (χ1n) is 3.01. The van der Waals surface area contributed by atoms with Gasteiger partial charge in [0.1, 0.15) is 0 Å². The Labute approximate surface area is 58.2 Å². The van der Waals surface area contributed by atoms with E-state index in [9.17, 15) is 4.79 Å². The van der Waals surface area contributed by atoms with E-state index in [1.807, 2.05) is 0 Å². The Bertz CT molecular complexity index is 217. The van der Waals surface area contributed by atoms with E-state index in [-0.39, 0.29) is 17.7 Å². The number of carbonyl (C=O) groups is 1. The number of amides is 1. The molecular weight excluding hydrogens is 130 g/mol. The second-order valence-corrected chi connectivity index (χ2v) is 2.27. The zero-order valence-electron chi connectivity index (χ0n) is 5.40. The van der Waals surface area contributed by atoms with Crippen molar-refractivity contribution in [2.45, 2.75) is 6.42 Å². The summed E-state index contributed by atoms with van der Waals surface area (Å²) in [6, 6.07) is 0. The lowest BCUT2D eigenvalue weighted by Gasteiger charge is -1.83. The molecule has 0 heterocycles. The Morgan fingerprint density at radius 2 is 2.60 bits per heavy atom. The molecule has 1 rings (SSSR count). The number of nitrogens with zero attached hydrogens (tertiary/aromatic N) is 3. The third kappa shape index (κ3) is 1.17. The topological polar surface area (TPSA) is 65.8 Å². The lowest BCUT2D eigenvalue weighted by Crippen LogP contribution is -1.94. The standard InChI is InChI=1S/C6H7N3O/c1-2-4-3-5(4)6(10)8-9-7/h2,4-5H,1,3H2/t4-,5-/m1/s1. The minimum atomic E-state index is -0.354. The Balaban J connectivity index is 2.47. The molecule has 0 unspecified atom stereocenters. The monoisotopic (exact) mass is 137 g/mol. The van der Waals surface area contributed by atoms with E-state index in [1.165, 1.54) is 0 Å². The van der Waals surface area contributed by atoms with E-state index < -0.39 is 0 Å². The average Bonchev–Trinajstić information content (AvgIpc) is 2.66. The van der Waals surface area contributed by atoms with Crippen LogP contribution >= 0.6 is 0 Å². The van der Waals surface area contributed by atoms with Gasteiger partial charge in [-0.15, -0.1) is 6.58 Å². The normalized spacial score (nSPS) is 28.4. The van der Waals surface area contributed by atoms with Crippen molar-refractivity contribution in [1.29, 1.82) is 0 Å². The molecular formula is C6H7N3O. The molecule has 1 aliphatic carbocycles. The third-order valence-corrected chi connectivity index (χ3v) is 1.60. The van der Waals surface area contributed by atoms with Crippen LogP contribution in [0.4, 0.5) is 0 Å². The molecule has 4 nitrogen and oxygen atoms in total. The van der Waals surface area contributed by atoms with Crippen molar-refractivity contribution in [3.05, 3.63) is 23.1 Å². The molecule has 0 bridgehead atoms. The predicted octanol–water partition coefficient (Wildman–Crippen LogP) is 1.65. The van der Waals surface area contributed by atoms with Crippen molar-refractivity contribution >= 4 is 5.91 Å². The molecule has 4 heteroatoms. The Morgan fingerprint density at radius 1 is 1.90 bits per heavy atom. The highest BCUT2D eigenvalue weighted by molar-refractivity contribution is 5.82. The van der Waals surface area contributed by atoms with Crippen LogP contribution in [0.5, 0.6) is 0 Å². The smallest absolute Gasteiger partial charge is 0.222 e. The van der Waals surface area contributed by atoms with Gasteiger partial charge in [0, 0.05) is 10.8 Å². The molecule has 0 saturated heterocycles. The first kappa shape index (κ1) is 6.83. The van der Waals surface area contributed by atoms with Gasteiger partial charge in [-0.25, -0.2) is 0 Å². The summed E-state index contributed by atoms with van der Waals surface area (Å²) in [4.78, 5) is 13.1. The Hall–Kier alpha value is -1.28.